The molecule has 0 N–H and O–H groups in total. The third kappa shape index (κ3) is 3.20. The van der Waals surface area contributed by atoms with Crippen LogP contribution in [-0.4, -0.2) is 0 Å². The van der Waals surface area contributed by atoms with Crippen LogP contribution in [0, 0.1) is 28.1 Å². The second-order valence-corrected chi connectivity index (χ2v) is 4.04. The maximum absolute atomic E-state index is 9.15. The first kappa shape index (κ1) is 13.0. The third-order valence-corrected chi connectivity index (χ3v) is 2.76. The maximum atomic E-state index is 9.15. The predicted molar refractivity (Wildman–Crippen MR) is 68.0 cm³/mol. The van der Waals surface area contributed by atoms with E-state index in [-0.39, 0.29) is 0 Å². The van der Waals surface area contributed by atoms with Gasteiger partial charge in [0, 0.05) is 6.42 Å². The number of hydrogen-bond donors (Lipinski definition) is 0. The van der Waals surface area contributed by atoms with Crippen LogP contribution >= 0.6 is 0 Å². The van der Waals surface area contributed by atoms with E-state index >= 15 is 0 Å². The zero-order chi connectivity index (χ0) is 12.7. The first-order chi connectivity index (χ1) is 8.19. The van der Waals surface area contributed by atoms with Gasteiger partial charge in [0.25, 0.3) is 0 Å². The second kappa shape index (κ2) is 5.87. The molecular weight excluding hydrogens is 208 g/mol. The molecule has 0 radical (unpaired) electrons. The fraction of sp³-hybridized carbons (Fsp3) is 0.333. The molecule has 17 heavy (non-hydrogen) atoms. The summed E-state index contributed by atoms with van der Waals surface area (Å²) in [6.45, 7) is 3.92. The Bertz CT molecular complexity index is 455. The molecule has 0 atom stereocenters. The van der Waals surface area contributed by atoms with Crippen molar-refractivity contribution in [2.45, 2.75) is 26.7 Å². The minimum atomic E-state index is -1.04. The van der Waals surface area contributed by atoms with Crippen LogP contribution in [0.5, 0.6) is 0 Å². The van der Waals surface area contributed by atoms with Gasteiger partial charge in [-0.2, -0.15) is 10.5 Å². The molecule has 0 spiro atoms. The molecule has 0 unspecified atom stereocenters. The molecule has 0 aliphatic carbocycles. The summed E-state index contributed by atoms with van der Waals surface area (Å²) in [5.74, 6) is 0. The Labute approximate surface area is 103 Å². The second-order valence-electron chi connectivity index (χ2n) is 4.04. The quantitative estimate of drug-likeness (QED) is 0.736. The van der Waals surface area contributed by atoms with Gasteiger partial charge in [-0.3, -0.25) is 0 Å². The lowest BCUT2D eigenvalue weighted by Crippen LogP contribution is -2.16. The molecule has 1 rings (SSSR count). The normalized spacial score (nSPS) is 11.1. The summed E-state index contributed by atoms with van der Waals surface area (Å²) < 4.78 is 0. The summed E-state index contributed by atoms with van der Waals surface area (Å²) in [7, 11) is 0. The van der Waals surface area contributed by atoms with Crippen LogP contribution in [0.2, 0.25) is 0 Å². The van der Waals surface area contributed by atoms with E-state index in [1.807, 2.05) is 31.2 Å². The van der Waals surface area contributed by atoms with Crippen LogP contribution in [-0.2, 0) is 12.8 Å². The summed E-state index contributed by atoms with van der Waals surface area (Å²) >= 11 is 0. The van der Waals surface area contributed by atoms with E-state index in [2.05, 4.69) is 19.1 Å². The van der Waals surface area contributed by atoms with E-state index in [4.69, 9.17) is 10.5 Å². The molecule has 2 heteroatoms. The smallest absolute Gasteiger partial charge is 0.165 e. The van der Waals surface area contributed by atoms with Gasteiger partial charge >= 0.3 is 0 Å². The van der Waals surface area contributed by atoms with Crippen molar-refractivity contribution in [2.75, 3.05) is 0 Å². The average molecular weight is 224 g/mol. The molecule has 0 bridgehead atoms. The van der Waals surface area contributed by atoms with E-state index in [0.29, 0.717) is 6.42 Å². The highest BCUT2D eigenvalue weighted by molar-refractivity contribution is 5.31. The van der Waals surface area contributed by atoms with Crippen molar-refractivity contribution in [1.29, 1.82) is 10.5 Å². The Morgan fingerprint density at radius 2 is 1.65 bits per heavy atom. The number of nitrogens with zero attached hydrogens (tertiary/aromatic N) is 2. The number of aryl methyl sites for hydroxylation is 1. The summed E-state index contributed by atoms with van der Waals surface area (Å²) in [5, 5.41) is 18.3. The van der Waals surface area contributed by atoms with Gasteiger partial charge in [-0.25, -0.2) is 0 Å². The van der Waals surface area contributed by atoms with Gasteiger partial charge in [-0.1, -0.05) is 43.3 Å². The minimum absolute atomic E-state index is 0.439. The van der Waals surface area contributed by atoms with Crippen LogP contribution in [0.25, 0.3) is 0 Å². The highest BCUT2D eigenvalue weighted by atomic mass is 14.4. The van der Waals surface area contributed by atoms with Gasteiger partial charge < -0.3 is 0 Å². The van der Waals surface area contributed by atoms with Crippen LogP contribution in [0.15, 0.2) is 36.4 Å². The molecule has 0 saturated carbocycles. The monoisotopic (exact) mass is 224 g/mol. The standard InChI is InChI=1S/C15H16N2/c1-3-9-15(11-16,12-17)10-14-7-5-13(4-2)6-8-14/h3,5-9H,4,10H2,1-2H3. The van der Waals surface area contributed by atoms with Crippen molar-refractivity contribution in [1.82, 2.24) is 0 Å². The maximum Gasteiger partial charge on any atom is 0.165 e. The van der Waals surface area contributed by atoms with E-state index in [9.17, 15) is 0 Å². The number of benzene rings is 1. The topological polar surface area (TPSA) is 47.6 Å². The first-order valence-corrected chi connectivity index (χ1v) is 5.74. The molecule has 0 aliphatic rings. The molecular formula is C15H16N2. The zero-order valence-electron chi connectivity index (χ0n) is 10.3. The van der Waals surface area contributed by atoms with E-state index < -0.39 is 5.41 Å². The lowest BCUT2D eigenvalue weighted by molar-refractivity contribution is 0.656. The van der Waals surface area contributed by atoms with E-state index in [1.165, 1.54) is 5.56 Å². The van der Waals surface area contributed by atoms with Crippen LogP contribution in [0.1, 0.15) is 25.0 Å². The molecule has 1 aromatic carbocycles. The highest BCUT2D eigenvalue weighted by Crippen LogP contribution is 2.23. The third-order valence-electron chi connectivity index (χ3n) is 2.76. The SMILES string of the molecule is CC=CC(C#N)(C#N)Cc1ccc(CC)cc1. The van der Waals surface area contributed by atoms with Crippen LogP contribution in [0.3, 0.4) is 0 Å². The first-order valence-electron chi connectivity index (χ1n) is 5.74. The zero-order valence-corrected chi connectivity index (χ0v) is 10.3. The van der Waals surface area contributed by atoms with E-state index in [0.717, 1.165) is 12.0 Å². The molecule has 0 aromatic heterocycles. The number of allylic oxidation sites excluding steroid dienone is 2. The average Bonchev–Trinajstić information content (AvgIpc) is 2.39. The van der Waals surface area contributed by atoms with Gasteiger partial charge in [0.15, 0.2) is 5.41 Å². The lowest BCUT2D eigenvalue weighted by atomic mass is 9.84. The lowest BCUT2D eigenvalue weighted by Gasteiger charge is -2.13. The Kier molecular flexibility index (Phi) is 4.49. The van der Waals surface area contributed by atoms with Gasteiger partial charge in [-0.05, 0) is 24.5 Å². The van der Waals surface area contributed by atoms with Crippen molar-refractivity contribution >= 4 is 0 Å². The highest BCUT2D eigenvalue weighted by Gasteiger charge is 2.26. The predicted octanol–water partition coefficient (Wildman–Crippen LogP) is 3.40. The Morgan fingerprint density at radius 1 is 1.12 bits per heavy atom. The molecule has 2 nitrogen and oxygen atoms in total. The Hall–Kier alpha value is -2.06. The molecule has 86 valence electrons. The number of nitriles is 2. The molecule has 0 heterocycles. The fourth-order valence-electron chi connectivity index (χ4n) is 1.74. The molecule has 0 amide bonds. The Morgan fingerprint density at radius 3 is 2.06 bits per heavy atom. The summed E-state index contributed by atoms with van der Waals surface area (Å²) in [6, 6.07) is 12.3. The van der Waals surface area contributed by atoms with Gasteiger partial charge in [0.2, 0.25) is 0 Å². The van der Waals surface area contributed by atoms with Crippen molar-refractivity contribution < 1.29 is 0 Å². The van der Waals surface area contributed by atoms with Crippen LogP contribution in [0.4, 0.5) is 0 Å². The minimum Gasteiger partial charge on any atom is -0.196 e. The molecule has 0 fully saturated rings. The summed E-state index contributed by atoms with van der Waals surface area (Å²) in [5.41, 5.74) is 1.24. The number of hydrogen-bond acceptors (Lipinski definition) is 2. The van der Waals surface area contributed by atoms with Crippen molar-refractivity contribution in [3.8, 4) is 12.1 Å². The fourth-order valence-corrected chi connectivity index (χ4v) is 1.74. The Balaban J connectivity index is 2.95. The van der Waals surface area contributed by atoms with Crippen molar-refractivity contribution in [3.05, 3.63) is 47.5 Å². The summed E-state index contributed by atoms with van der Waals surface area (Å²) in [6.07, 6.45) is 4.86. The van der Waals surface area contributed by atoms with Crippen LogP contribution < -0.4 is 0 Å². The van der Waals surface area contributed by atoms with Gasteiger partial charge in [0.1, 0.15) is 0 Å². The summed E-state index contributed by atoms with van der Waals surface area (Å²) in [4.78, 5) is 0. The van der Waals surface area contributed by atoms with Gasteiger partial charge in [0.05, 0.1) is 12.1 Å². The van der Waals surface area contributed by atoms with E-state index in [1.54, 1.807) is 12.2 Å². The molecule has 1 aromatic rings. The largest absolute Gasteiger partial charge is 0.196 e. The van der Waals surface area contributed by atoms with Gasteiger partial charge in [-0.15, -0.1) is 0 Å². The molecule has 0 saturated heterocycles. The van der Waals surface area contributed by atoms with Crippen molar-refractivity contribution in [3.63, 3.8) is 0 Å². The van der Waals surface area contributed by atoms with Crippen molar-refractivity contribution in [2.24, 2.45) is 5.41 Å². The molecule has 0 aliphatic heterocycles. The number of rotatable bonds is 4.